The molecule has 0 saturated carbocycles. The molecule has 1 aromatic heterocycles. The number of rotatable bonds is 3. The van der Waals surface area contributed by atoms with Crippen LogP contribution in [0.3, 0.4) is 0 Å². The molecular weight excluding hydrogens is 643 g/mol. The number of nitrogens with zero attached hydrogens (tertiary/aromatic N) is 3. The largest absolute Gasteiger partial charge is 0.338 e. The van der Waals surface area contributed by atoms with E-state index in [1.165, 1.54) is 89.1 Å². The Labute approximate surface area is 309 Å². The van der Waals surface area contributed by atoms with Crippen molar-refractivity contribution in [3.63, 3.8) is 0 Å². The van der Waals surface area contributed by atoms with Gasteiger partial charge in [0.1, 0.15) is 0 Å². The molecule has 3 nitrogen and oxygen atoms in total. The molecule has 0 saturated heterocycles. The van der Waals surface area contributed by atoms with Crippen LogP contribution in [0.5, 0.6) is 0 Å². The van der Waals surface area contributed by atoms with Crippen LogP contribution < -0.4 is 9.80 Å². The summed E-state index contributed by atoms with van der Waals surface area (Å²) in [5.41, 5.74) is 18.4. The van der Waals surface area contributed by atoms with Gasteiger partial charge in [-0.2, -0.15) is 0 Å². The van der Waals surface area contributed by atoms with Gasteiger partial charge >= 0.3 is 0 Å². The van der Waals surface area contributed by atoms with Gasteiger partial charge in [0.15, 0.2) is 0 Å². The second-order valence-corrected chi connectivity index (χ2v) is 14.1. The Hall–Kier alpha value is -6.84. The minimum absolute atomic E-state index is 0.883. The second-order valence-electron chi connectivity index (χ2n) is 14.1. The fraction of sp³-hybridized carbons (Fsp3) is 0.0400. The van der Waals surface area contributed by atoms with Crippen LogP contribution in [0.2, 0.25) is 0 Å². The maximum atomic E-state index is 2.50. The van der Waals surface area contributed by atoms with Crippen LogP contribution in [0.1, 0.15) is 0 Å². The van der Waals surface area contributed by atoms with Crippen molar-refractivity contribution in [3.8, 4) is 50.2 Å². The minimum Gasteiger partial charge on any atom is -0.338 e. The molecule has 2 heterocycles. The molecule has 0 unspecified atom stereocenters. The van der Waals surface area contributed by atoms with Gasteiger partial charge in [-0.3, -0.25) is 0 Å². The summed E-state index contributed by atoms with van der Waals surface area (Å²) in [5, 5.41) is 2.54. The van der Waals surface area contributed by atoms with E-state index in [0.29, 0.717) is 0 Å². The molecular formula is C50H35N3. The number of benzene rings is 8. The Bertz CT molecular complexity index is 2800. The molecule has 0 bridgehead atoms. The summed E-state index contributed by atoms with van der Waals surface area (Å²) in [6.07, 6.45) is 0. The molecule has 8 aromatic carbocycles. The number of fused-ring (bicyclic) bond motifs is 12. The quantitative estimate of drug-likeness (QED) is 0.184. The van der Waals surface area contributed by atoms with Gasteiger partial charge in [0.25, 0.3) is 0 Å². The zero-order valence-electron chi connectivity index (χ0n) is 29.2. The molecule has 3 heteroatoms. The molecule has 0 amide bonds. The summed E-state index contributed by atoms with van der Waals surface area (Å²) in [5.74, 6) is 0. The highest BCUT2D eigenvalue weighted by Gasteiger charge is 2.30. The first-order valence-corrected chi connectivity index (χ1v) is 18.5. The minimum atomic E-state index is 0.883. The normalized spacial score (nSPS) is 13.1. The van der Waals surface area contributed by atoms with Gasteiger partial charge in [-0.25, -0.2) is 0 Å². The third-order valence-corrected chi connectivity index (χ3v) is 11.2. The monoisotopic (exact) mass is 677 g/mol. The maximum absolute atomic E-state index is 2.50. The van der Waals surface area contributed by atoms with Gasteiger partial charge in [0.05, 0.1) is 22.4 Å². The van der Waals surface area contributed by atoms with E-state index in [0.717, 1.165) is 18.8 Å². The Morgan fingerprint density at radius 3 is 1.15 bits per heavy atom. The van der Waals surface area contributed by atoms with Crippen molar-refractivity contribution < 1.29 is 0 Å². The summed E-state index contributed by atoms with van der Waals surface area (Å²) in [4.78, 5) is 4.99. The Kier molecular flexibility index (Phi) is 6.68. The van der Waals surface area contributed by atoms with Crippen LogP contribution in [0.25, 0.3) is 72.0 Å². The Balaban J connectivity index is 1.19. The van der Waals surface area contributed by atoms with Crippen LogP contribution in [-0.2, 0) is 0 Å². The summed E-state index contributed by atoms with van der Waals surface area (Å²) in [6.45, 7) is 1.77. The highest BCUT2D eigenvalue weighted by atomic mass is 15.3. The number of hydrogen-bond acceptors (Lipinski definition) is 2. The molecule has 1 aliphatic carbocycles. The van der Waals surface area contributed by atoms with E-state index in [1.54, 1.807) is 0 Å². The zero-order valence-corrected chi connectivity index (χ0v) is 29.2. The molecule has 0 spiro atoms. The van der Waals surface area contributed by atoms with Gasteiger partial charge in [-0.05, 0) is 105 Å². The predicted octanol–water partition coefficient (Wildman–Crippen LogP) is 13.1. The van der Waals surface area contributed by atoms with Crippen LogP contribution in [0.15, 0.2) is 188 Å². The van der Waals surface area contributed by atoms with Crippen molar-refractivity contribution in [1.29, 1.82) is 0 Å². The smallest absolute Gasteiger partial charge is 0.0659 e. The zero-order chi connectivity index (χ0) is 34.9. The summed E-state index contributed by atoms with van der Waals surface area (Å²) >= 11 is 0. The van der Waals surface area contributed by atoms with Crippen LogP contribution in [0, 0.1) is 0 Å². The molecule has 0 fully saturated rings. The third-order valence-electron chi connectivity index (χ3n) is 11.2. The lowest BCUT2D eigenvalue weighted by molar-refractivity contribution is 0.850. The van der Waals surface area contributed by atoms with Crippen molar-refractivity contribution in [1.82, 2.24) is 4.57 Å². The average molecular weight is 678 g/mol. The molecule has 250 valence electrons. The van der Waals surface area contributed by atoms with Crippen molar-refractivity contribution in [2.24, 2.45) is 0 Å². The number of hydrogen-bond donors (Lipinski definition) is 0. The second kappa shape index (κ2) is 11.9. The number of para-hydroxylation sites is 4. The van der Waals surface area contributed by atoms with Gasteiger partial charge < -0.3 is 14.4 Å². The molecule has 0 atom stereocenters. The van der Waals surface area contributed by atoms with Gasteiger partial charge in [-0.15, -0.1) is 0 Å². The van der Waals surface area contributed by atoms with Crippen LogP contribution in [-0.4, -0.2) is 17.7 Å². The number of aromatic nitrogens is 1. The van der Waals surface area contributed by atoms with Crippen molar-refractivity contribution in [3.05, 3.63) is 188 Å². The highest BCUT2D eigenvalue weighted by Crippen LogP contribution is 2.53. The molecule has 1 aliphatic heterocycles. The summed E-state index contributed by atoms with van der Waals surface area (Å²) in [7, 11) is 0. The summed E-state index contributed by atoms with van der Waals surface area (Å²) in [6, 6.07) is 69.2. The molecule has 0 N–H and O–H groups in total. The number of anilines is 4. The first-order valence-electron chi connectivity index (χ1n) is 18.5. The SMILES string of the molecule is c1ccc(N2CCN(c3ccccc3)c3cc4c(cc32)-c2ccccc2-c2ccc(-n3c5ccccc5c5ccccc53)cc2-c2ccccc2-4)cc1. The van der Waals surface area contributed by atoms with Crippen molar-refractivity contribution in [2.75, 3.05) is 22.9 Å². The molecule has 0 radical (unpaired) electrons. The van der Waals surface area contributed by atoms with E-state index < -0.39 is 0 Å². The lowest BCUT2D eigenvalue weighted by Gasteiger charge is -2.40. The van der Waals surface area contributed by atoms with E-state index in [-0.39, 0.29) is 0 Å². The molecule has 9 aromatic rings. The van der Waals surface area contributed by atoms with Crippen molar-refractivity contribution in [2.45, 2.75) is 0 Å². The van der Waals surface area contributed by atoms with Crippen LogP contribution >= 0.6 is 0 Å². The van der Waals surface area contributed by atoms with Gasteiger partial charge in [-0.1, -0.05) is 127 Å². The summed E-state index contributed by atoms with van der Waals surface area (Å²) < 4.78 is 2.43. The van der Waals surface area contributed by atoms with E-state index in [2.05, 4.69) is 202 Å². The first-order chi connectivity index (χ1) is 26.3. The molecule has 2 aliphatic rings. The third kappa shape index (κ3) is 4.60. The lowest BCUT2D eigenvalue weighted by Crippen LogP contribution is -2.36. The first kappa shape index (κ1) is 29.8. The van der Waals surface area contributed by atoms with E-state index in [9.17, 15) is 0 Å². The van der Waals surface area contributed by atoms with E-state index >= 15 is 0 Å². The van der Waals surface area contributed by atoms with Crippen LogP contribution in [0.4, 0.5) is 22.7 Å². The Morgan fingerprint density at radius 1 is 0.283 bits per heavy atom. The lowest BCUT2D eigenvalue weighted by atomic mass is 9.80. The van der Waals surface area contributed by atoms with Gasteiger partial charge in [0, 0.05) is 40.9 Å². The Morgan fingerprint density at radius 2 is 0.660 bits per heavy atom. The van der Waals surface area contributed by atoms with Gasteiger partial charge in [0.2, 0.25) is 0 Å². The fourth-order valence-corrected chi connectivity index (χ4v) is 8.88. The van der Waals surface area contributed by atoms with E-state index in [1.807, 2.05) is 0 Å². The predicted molar refractivity (Wildman–Crippen MR) is 223 cm³/mol. The van der Waals surface area contributed by atoms with Crippen molar-refractivity contribution >= 4 is 44.6 Å². The maximum Gasteiger partial charge on any atom is 0.0659 e. The molecule has 53 heavy (non-hydrogen) atoms. The standard InChI is InChI=1S/C50H35N3/c1-3-15-34(16-4-1)51-29-30-52(35-17-5-2-6-18-35)50-33-46-40-22-10-9-21-39(40)44-31-36(53-47-25-13-11-23-42(47)43-24-12-14-26-48(43)53)27-28-41(44)37-19-7-8-20-38(37)45(46)32-49(50)51/h1-28,31-33H,29-30H2. The average Bonchev–Trinajstić information content (AvgIpc) is 3.57. The topological polar surface area (TPSA) is 11.4 Å². The van der Waals surface area contributed by atoms with E-state index in [4.69, 9.17) is 0 Å². The fourth-order valence-electron chi connectivity index (χ4n) is 8.88. The molecule has 11 rings (SSSR count). The highest BCUT2D eigenvalue weighted by molar-refractivity contribution is 6.10.